The van der Waals surface area contributed by atoms with Crippen molar-refractivity contribution in [1.82, 2.24) is 5.43 Å². The second-order valence-electron chi connectivity index (χ2n) is 5.01. The van der Waals surface area contributed by atoms with Crippen molar-refractivity contribution in [2.75, 3.05) is 18.1 Å². The minimum Gasteiger partial charge on any atom is -0.490 e. The molecular formula is C14H20N2O2S. The van der Waals surface area contributed by atoms with Gasteiger partial charge in [0.25, 0.3) is 0 Å². The largest absolute Gasteiger partial charge is 0.490 e. The van der Waals surface area contributed by atoms with Crippen LogP contribution >= 0.6 is 11.8 Å². The van der Waals surface area contributed by atoms with Gasteiger partial charge in [0.2, 0.25) is 0 Å². The van der Waals surface area contributed by atoms with Crippen molar-refractivity contribution in [1.29, 1.82) is 0 Å². The summed E-state index contributed by atoms with van der Waals surface area (Å²) in [4.78, 5) is 0. The molecule has 2 aliphatic rings. The summed E-state index contributed by atoms with van der Waals surface area (Å²) in [5, 5.41) is 0. The summed E-state index contributed by atoms with van der Waals surface area (Å²) in [6.07, 6.45) is 2.94. The maximum atomic E-state index is 5.80. The Morgan fingerprint density at radius 2 is 2.11 bits per heavy atom. The Kier molecular flexibility index (Phi) is 4.28. The van der Waals surface area contributed by atoms with Gasteiger partial charge in [0.05, 0.1) is 24.9 Å². The molecule has 1 aromatic rings. The second kappa shape index (κ2) is 6.13. The third kappa shape index (κ3) is 3.42. The zero-order valence-corrected chi connectivity index (χ0v) is 11.7. The second-order valence-corrected chi connectivity index (χ2v) is 6.16. The quantitative estimate of drug-likeness (QED) is 0.637. The SMILES string of the molecule is NNC(c1ccc(OC2CC2)cc1)C1CSCCO1. The number of hydrogen-bond donors (Lipinski definition) is 2. The van der Waals surface area contributed by atoms with Crippen LogP contribution in [0.3, 0.4) is 0 Å². The number of thioether (sulfide) groups is 1. The number of rotatable bonds is 5. The van der Waals surface area contributed by atoms with Crippen molar-refractivity contribution >= 4 is 11.8 Å². The van der Waals surface area contributed by atoms with Gasteiger partial charge >= 0.3 is 0 Å². The molecule has 0 aromatic heterocycles. The molecule has 2 fully saturated rings. The number of hydrazine groups is 1. The molecule has 2 atom stereocenters. The van der Waals surface area contributed by atoms with E-state index >= 15 is 0 Å². The lowest BCUT2D eigenvalue weighted by molar-refractivity contribution is 0.0468. The topological polar surface area (TPSA) is 56.5 Å². The van der Waals surface area contributed by atoms with Crippen molar-refractivity contribution in [2.45, 2.75) is 31.1 Å². The monoisotopic (exact) mass is 280 g/mol. The van der Waals surface area contributed by atoms with Crippen molar-refractivity contribution in [3.8, 4) is 5.75 Å². The molecule has 104 valence electrons. The fourth-order valence-corrected chi connectivity index (χ4v) is 3.15. The molecule has 3 rings (SSSR count). The highest BCUT2D eigenvalue weighted by atomic mass is 32.2. The van der Waals surface area contributed by atoms with Crippen LogP contribution in [0.25, 0.3) is 0 Å². The first-order valence-corrected chi connectivity index (χ1v) is 7.94. The molecule has 3 N–H and O–H groups in total. The smallest absolute Gasteiger partial charge is 0.119 e. The lowest BCUT2D eigenvalue weighted by Crippen LogP contribution is -2.41. The van der Waals surface area contributed by atoms with Crippen LogP contribution in [0.15, 0.2) is 24.3 Å². The molecule has 5 heteroatoms. The van der Waals surface area contributed by atoms with E-state index in [1.807, 2.05) is 23.9 Å². The standard InChI is InChI=1S/C14H20N2O2S/c15-16-14(13-9-19-8-7-17-13)10-1-3-11(4-2-10)18-12-5-6-12/h1-4,12-14,16H,5-9,15H2. The molecule has 1 saturated heterocycles. The van der Waals surface area contributed by atoms with Crippen LogP contribution in [0, 0.1) is 0 Å². The van der Waals surface area contributed by atoms with Gasteiger partial charge < -0.3 is 9.47 Å². The van der Waals surface area contributed by atoms with Gasteiger partial charge in [-0.3, -0.25) is 11.3 Å². The van der Waals surface area contributed by atoms with E-state index in [0.29, 0.717) is 6.10 Å². The number of hydrogen-bond acceptors (Lipinski definition) is 5. The van der Waals surface area contributed by atoms with Crippen molar-refractivity contribution in [3.63, 3.8) is 0 Å². The summed E-state index contributed by atoms with van der Waals surface area (Å²) < 4.78 is 11.5. The van der Waals surface area contributed by atoms with Crippen LogP contribution in [0.1, 0.15) is 24.4 Å². The van der Waals surface area contributed by atoms with E-state index in [1.165, 1.54) is 12.8 Å². The highest BCUT2D eigenvalue weighted by Gasteiger charge is 2.26. The van der Waals surface area contributed by atoms with Gasteiger partial charge in [0, 0.05) is 11.5 Å². The van der Waals surface area contributed by atoms with Crippen LogP contribution in [0.4, 0.5) is 0 Å². The lowest BCUT2D eigenvalue weighted by atomic mass is 10.0. The zero-order valence-electron chi connectivity index (χ0n) is 10.9. The van der Waals surface area contributed by atoms with Crippen LogP contribution in [-0.4, -0.2) is 30.3 Å². The van der Waals surface area contributed by atoms with Crippen molar-refractivity contribution in [2.24, 2.45) is 5.84 Å². The Morgan fingerprint density at radius 1 is 1.32 bits per heavy atom. The van der Waals surface area contributed by atoms with E-state index in [0.717, 1.165) is 29.4 Å². The van der Waals surface area contributed by atoms with Gasteiger partial charge in [-0.25, -0.2) is 0 Å². The third-order valence-corrected chi connectivity index (χ3v) is 4.48. The van der Waals surface area contributed by atoms with Gasteiger partial charge in [0.1, 0.15) is 5.75 Å². The van der Waals surface area contributed by atoms with Gasteiger partial charge in [-0.15, -0.1) is 0 Å². The molecule has 19 heavy (non-hydrogen) atoms. The molecule has 1 aliphatic heterocycles. The van der Waals surface area contributed by atoms with Crippen LogP contribution < -0.4 is 16.0 Å². The average molecular weight is 280 g/mol. The molecule has 1 aromatic carbocycles. The maximum absolute atomic E-state index is 5.80. The summed E-state index contributed by atoms with van der Waals surface area (Å²) >= 11 is 1.92. The summed E-state index contributed by atoms with van der Waals surface area (Å²) in [5.41, 5.74) is 4.03. The molecular weight excluding hydrogens is 260 g/mol. The van der Waals surface area contributed by atoms with Gasteiger partial charge in [-0.2, -0.15) is 11.8 Å². The molecule has 0 spiro atoms. The maximum Gasteiger partial charge on any atom is 0.119 e. The summed E-state index contributed by atoms with van der Waals surface area (Å²) in [5.74, 6) is 8.69. The summed E-state index contributed by atoms with van der Waals surface area (Å²) in [6, 6.07) is 8.24. The van der Waals surface area contributed by atoms with E-state index in [-0.39, 0.29) is 12.1 Å². The minimum atomic E-state index is 0.0442. The fourth-order valence-electron chi connectivity index (χ4n) is 2.25. The Bertz CT molecular complexity index is 402. The molecule has 1 heterocycles. The first-order valence-electron chi connectivity index (χ1n) is 6.79. The zero-order chi connectivity index (χ0) is 13.1. The average Bonchev–Trinajstić information content (AvgIpc) is 3.27. The first kappa shape index (κ1) is 13.2. The summed E-state index contributed by atoms with van der Waals surface area (Å²) in [6.45, 7) is 0.802. The van der Waals surface area contributed by atoms with E-state index in [4.69, 9.17) is 15.3 Å². The van der Waals surface area contributed by atoms with Gasteiger partial charge in [-0.05, 0) is 30.5 Å². The predicted octanol–water partition coefficient (Wildman–Crippen LogP) is 1.86. The Morgan fingerprint density at radius 3 is 2.68 bits per heavy atom. The molecule has 4 nitrogen and oxygen atoms in total. The Balaban J connectivity index is 1.67. The Labute approximate surface area is 118 Å². The lowest BCUT2D eigenvalue weighted by Gasteiger charge is -2.30. The van der Waals surface area contributed by atoms with Crippen LogP contribution in [0.2, 0.25) is 0 Å². The first-order chi connectivity index (χ1) is 9.36. The molecule has 1 aliphatic carbocycles. The normalized spacial score (nSPS) is 25.0. The van der Waals surface area contributed by atoms with E-state index in [9.17, 15) is 0 Å². The number of ether oxygens (including phenoxy) is 2. The fraction of sp³-hybridized carbons (Fsp3) is 0.571. The predicted molar refractivity (Wildman–Crippen MR) is 77.2 cm³/mol. The molecule has 1 saturated carbocycles. The molecule has 0 radical (unpaired) electrons. The van der Waals surface area contributed by atoms with E-state index < -0.39 is 0 Å². The molecule has 0 amide bonds. The van der Waals surface area contributed by atoms with E-state index in [1.54, 1.807) is 0 Å². The Hall–Kier alpha value is -0.750. The third-order valence-electron chi connectivity index (χ3n) is 3.46. The highest BCUT2D eigenvalue weighted by Crippen LogP contribution is 2.29. The van der Waals surface area contributed by atoms with E-state index in [2.05, 4.69) is 17.6 Å². The van der Waals surface area contributed by atoms with Crippen molar-refractivity contribution in [3.05, 3.63) is 29.8 Å². The number of nitrogens with two attached hydrogens (primary N) is 1. The minimum absolute atomic E-state index is 0.0442. The highest BCUT2D eigenvalue weighted by molar-refractivity contribution is 7.99. The number of nitrogens with one attached hydrogen (secondary N) is 1. The van der Waals surface area contributed by atoms with Gasteiger partial charge in [0.15, 0.2) is 0 Å². The molecule has 0 bridgehead atoms. The van der Waals surface area contributed by atoms with Crippen LogP contribution in [-0.2, 0) is 4.74 Å². The number of benzene rings is 1. The van der Waals surface area contributed by atoms with Crippen LogP contribution in [0.5, 0.6) is 5.75 Å². The molecule has 2 unspecified atom stereocenters. The summed E-state index contributed by atoms with van der Waals surface area (Å²) in [7, 11) is 0. The van der Waals surface area contributed by atoms with Gasteiger partial charge in [-0.1, -0.05) is 12.1 Å². The van der Waals surface area contributed by atoms with Crippen molar-refractivity contribution < 1.29 is 9.47 Å².